The first-order chi connectivity index (χ1) is 9.16. The Morgan fingerprint density at radius 2 is 2.00 bits per heavy atom. The van der Waals surface area contributed by atoms with Crippen LogP contribution in [0.5, 0.6) is 0 Å². The highest BCUT2D eigenvalue weighted by Gasteiger charge is 2.14. The van der Waals surface area contributed by atoms with Gasteiger partial charge in [0.15, 0.2) is 0 Å². The third-order valence-electron chi connectivity index (χ3n) is 2.96. The number of aromatic carboxylic acids is 1. The van der Waals surface area contributed by atoms with Gasteiger partial charge < -0.3 is 10.8 Å². The topological polar surface area (TPSA) is 81.1 Å². The summed E-state index contributed by atoms with van der Waals surface area (Å²) in [6, 6.07) is 12.4. The van der Waals surface area contributed by atoms with Crippen molar-refractivity contribution in [3.63, 3.8) is 0 Å². The summed E-state index contributed by atoms with van der Waals surface area (Å²) in [5, 5.41) is 9.27. The van der Waals surface area contributed by atoms with Crippen LogP contribution in [0.25, 0.3) is 16.7 Å². The van der Waals surface area contributed by atoms with E-state index in [2.05, 4.69) is 4.98 Å². The van der Waals surface area contributed by atoms with Crippen LogP contribution in [0.1, 0.15) is 10.4 Å². The molecule has 0 saturated heterocycles. The molecule has 19 heavy (non-hydrogen) atoms. The van der Waals surface area contributed by atoms with Crippen LogP contribution in [0.3, 0.4) is 0 Å². The highest BCUT2D eigenvalue weighted by molar-refractivity contribution is 5.94. The highest BCUT2D eigenvalue weighted by Crippen LogP contribution is 2.22. The maximum atomic E-state index is 11.3. The molecule has 0 fully saturated rings. The predicted octanol–water partition coefficient (Wildman–Crippen LogP) is 2.31. The fourth-order valence-corrected chi connectivity index (χ4v) is 2.09. The molecule has 3 rings (SSSR count). The maximum Gasteiger partial charge on any atom is 0.337 e. The summed E-state index contributed by atoms with van der Waals surface area (Å²) in [5.74, 6) is -1.01. The van der Waals surface area contributed by atoms with Gasteiger partial charge in [-0.25, -0.2) is 9.78 Å². The number of carboxylic acid groups (broad SMARTS) is 1. The Bertz CT molecular complexity index is 777. The average Bonchev–Trinajstić information content (AvgIpc) is 2.82. The van der Waals surface area contributed by atoms with Gasteiger partial charge in [0.25, 0.3) is 0 Å². The number of nitrogen functional groups attached to an aromatic ring is 1. The first-order valence-electron chi connectivity index (χ1n) is 5.72. The SMILES string of the molecule is Nc1ccc(-n2cnc3ccccc32)c(C(=O)O)c1. The second-order valence-electron chi connectivity index (χ2n) is 4.19. The minimum atomic E-state index is -1.01. The molecule has 0 atom stereocenters. The summed E-state index contributed by atoms with van der Waals surface area (Å²) in [4.78, 5) is 15.6. The predicted molar refractivity (Wildman–Crippen MR) is 72.4 cm³/mol. The van der Waals surface area contributed by atoms with Crippen molar-refractivity contribution in [1.82, 2.24) is 9.55 Å². The second-order valence-corrected chi connectivity index (χ2v) is 4.19. The Morgan fingerprint density at radius 3 is 2.79 bits per heavy atom. The molecule has 5 heteroatoms. The van der Waals surface area contributed by atoms with Gasteiger partial charge in [-0.3, -0.25) is 4.57 Å². The Balaban J connectivity index is 2.30. The standard InChI is InChI=1S/C14H11N3O2/c15-9-5-6-12(10(7-9)14(18)19)17-8-16-11-3-1-2-4-13(11)17/h1-8H,15H2,(H,18,19). The number of benzene rings is 2. The second kappa shape index (κ2) is 4.13. The number of fused-ring (bicyclic) bond motifs is 1. The molecule has 1 aromatic heterocycles. The number of hydrogen-bond acceptors (Lipinski definition) is 3. The molecule has 3 N–H and O–H groups in total. The van der Waals surface area contributed by atoms with Crippen molar-refractivity contribution in [3.05, 3.63) is 54.4 Å². The number of carboxylic acids is 1. The molecule has 0 aliphatic heterocycles. The summed E-state index contributed by atoms with van der Waals surface area (Å²) < 4.78 is 1.75. The molecule has 3 aromatic rings. The van der Waals surface area contributed by atoms with Crippen molar-refractivity contribution in [2.75, 3.05) is 5.73 Å². The van der Waals surface area contributed by atoms with Crippen molar-refractivity contribution >= 4 is 22.7 Å². The monoisotopic (exact) mass is 253 g/mol. The van der Waals surface area contributed by atoms with E-state index in [1.165, 1.54) is 6.07 Å². The van der Waals surface area contributed by atoms with Gasteiger partial charge >= 0.3 is 5.97 Å². The van der Waals surface area contributed by atoms with Crippen molar-refractivity contribution in [2.45, 2.75) is 0 Å². The van der Waals surface area contributed by atoms with Crippen LogP contribution in [0.2, 0.25) is 0 Å². The Hall–Kier alpha value is -2.82. The van der Waals surface area contributed by atoms with Gasteiger partial charge in [-0.1, -0.05) is 12.1 Å². The van der Waals surface area contributed by atoms with E-state index in [9.17, 15) is 9.90 Å². The molecule has 1 heterocycles. The number of carbonyl (C=O) groups is 1. The lowest BCUT2D eigenvalue weighted by atomic mass is 10.1. The van der Waals surface area contributed by atoms with Gasteiger partial charge in [0, 0.05) is 5.69 Å². The lowest BCUT2D eigenvalue weighted by molar-refractivity contribution is 0.0697. The third-order valence-corrected chi connectivity index (χ3v) is 2.96. The molecule has 0 aliphatic carbocycles. The molecular weight excluding hydrogens is 242 g/mol. The van der Waals surface area contributed by atoms with Gasteiger partial charge in [0.2, 0.25) is 0 Å². The van der Waals surface area contributed by atoms with Crippen molar-refractivity contribution in [2.24, 2.45) is 0 Å². The zero-order valence-corrected chi connectivity index (χ0v) is 9.95. The molecule has 0 radical (unpaired) electrons. The lowest BCUT2D eigenvalue weighted by Crippen LogP contribution is -2.05. The van der Waals surface area contributed by atoms with Crippen LogP contribution in [-0.4, -0.2) is 20.6 Å². The summed E-state index contributed by atoms with van der Waals surface area (Å²) in [5.41, 5.74) is 8.44. The van der Waals surface area contributed by atoms with Crippen LogP contribution < -0.4 is 5.73 Å². The highest BCUT2D eigenvalue weighted by atomic mass is 16.4. The summed E-state index contributed by atoms with van der Waals surface area (Å²) in [6.45, 7) is 0. The van der Waals surface area contributed by atoms with Crippen LogP contribution >= 0.6 is 0 Å². The number of nitrogens with two attached hydrogens (primary N) is 1. The van der Waals surface area contributed by atoms with E-state index in [0.29, 0.717) is 11.4 Å². The van der Waals surface area contributed by atoms with Crippen LogP contribution in [0.15, 0.2) is 48.8 Å². The minimum Gasteiger partial charge on any atom is -0.478 e. The number of imidazole rings is 1. The van der Waals surface area contributed by atoms with Gasteiger partial charge in [-0.2, -0.15) is 0 Å². The number of aromatic nitrogens is 2. The van der Waals surface area contributed by atoms with E-state index < -0.39 is 5.97 Å². The van der Waals surface area contributed by atoms with Crippen LogP contribution in [0.4, 0.5) is 5.69 Å². The molecule has 0 unspecified atom stereocenters. The molecule has 0 aliphatic rings. The third kappa shape index (κ3) is 1.81. The average molecular weight is 253 g/mol. The van der Waals surface area contributed by atoms with Gasteiger partial charge in [0.1, 0.15) is 6.33 Å². The molecule has 5 nitrogen and oxygen atoms in total. The first kappa shape index (κ1) is 11.3. The lowest BCUT2D eigenvalue weighted by Gasteiger charge is -2.09. The van der Waals surface area contributed by atoms with E-state index in [4.69, 9.17) is 5.73 Å². The molecule has 0 saturated carbocycles. The zero-order chi connectivity index (χ0) is 13.4. The van der Waals surface area contributed by atoms with Crippen molar-refractivity contribution < 1.29 is 9.90 Å². The quantitative estimate of drug-likeness (QED) is 0.687. The minimum absolute atomic E-state index is 0.156. The summed E-state index contributed by atoms with van der Waals surface area (Å²) in [6.07, 6.45) is 1.61. The number of rotatable bonds is 2. The largest absolute Gasteiger partial charge is 0.478 e. The summed E-state index contributed by atoms with van der Waals surface area (Å²) >= 11 is 0. The fourth-order valence-electron chi connectivity index (χ4n) is 2.09. The van der Waals surface area contributed by atoms with Gasteiger partial charge in [-0.05, 0) is 30.3 Å². The number of para-hydroxylation sites is 2. The Morgan fingerprint density at radius 1 is 1.21 bits per heavy atom. The van der Waals surface area contributed by atoms with Gasteiger partial charge in [0.05, 0.1) is 22.3 Å². The van der Waals surface area contributed by atoms with E-state index in [1.54, 1.807) is 23.0 Å². The molecule has 0 spiro atoms. The molecule has 94 valence electrons. The summed E-state index contributed by atoms with van der Waals surface area (Å²) in [7, 11) is 0. The molecule has 2 aromatic carbocycles. The van der Waals surface area contributed by atoms with E-state index in [0.717, 1.165) is 11.0 Å². The van der Waals surface area contributed by atoms with E-state index >= 15 is 0 Å². The van der Waals surface area contributed by atoms with Gasteiger partial charge in [-0.15, -0.1) is 0 Å². The smallest absolute Gasteiger partial charge is 0.337 e. The zero-order valence-electron chi connectivity index (χ0n) is 9.95. The molecule has 0 bridgehead atoms. The maximum absolute atomic E-state index is 11.3. The van der Waals surface area contributed by atoms with Crippen molar-refractivity contribution in [3.8, 4) is 5.69 Å². The fraction of sp³-hybridized carbons (Fsp3) is 0. The van der Waals surface area contributed by atoms with E-state index in [-0.39, 0.29) is 5.56 Å². The number of nitrogens with zero attached hydrogens (tertiary/aromatic N) is 2. The van der Waals surface area contributed by atoms with Crippen molar-refractivity contribution in [1.29, 1.82) is 0 Å². The molecule has 0 amide bonds. The van der Waals surface area contributed by atoms with E-state index in [1.807, 2.05) is 24.3 Å². The number of anilines is 1. The Kier molecular flexibility index (Phi) is 2.45. The van der Waals surface area contributed by atoms with Crippen LogP contribution in [-0.2, 0) is 0 Å². The first-order valence-corrected chi connectivity index (χ1v) is 5.72. The molecular formula is C14H11N3O2. The number of hydrogen-bond donors (Lipinski definition) is 2. The normalized spacial score (nSPS) is 10.7. The van der Waals surface area contributed by atoms with Crippen LogP contribution in [0, 0.1) is 0 Å². The Labute approximate surface area is 108 Å².